The summed E-state index contributed by atoms with van der Waals surface area (Å²) in [6.07, 6.45) is 4.21. The summed E-state index contributed by atoms with van der Waals surface area (Å²) in [6.45, 7) is -0.202. The lowest BCUT2D eigenvalue weighted by atomic mass is 10.2. The van der Waals surface area contributed by atoms with Crippen molar-refractivity contribution in [1.82, 2.24) is 10.0 Å². The first-order chi connectivity index (χ1) is 9.94. The van der Waals surface area contributed by atoms with Crippen molar-refractivity contribution in [1.29, 1.82) is 0 Å². The summed E-state index contributed by atoms with van der Waals surface area (Å²) in [5, 5.41) is 2.85. The molecule has 1 saturated carbocycles. The number of carbonyl (C=O) groups excluding carboxylic acids is 1. The maximum absolute atomic E-state index is 11.9. The fourth-order valence-electron chi connectivity index (χ4n) is 2.42. The van der Waals surface area contributed by atoms with Gasteiger partial charge in [0.15, 0.2) is 0 Å². The van der Waals surface area contributed by atoms with Gasteiger partial charge in [-0.2, -0.15) is 0 Å². The maximum Gasteiger partial charge on any atom is 0.235 e. The van der Waals surface area contributed by atoms with Gasteiger partial charge in [-0.3, -0.25) is 4.79 Å². The van der Waals surface area contributed by atoms with Gasteiger partial charge in [-0.25, -0.2) is 13.1 Å². The van der Waals surface area contributed by atoms with Gasteiger partial charge in [-0.1, -0.05) is 40.9 Å². The number of halogens is 1. The Labute approximate surface area is 133 Å². The molecule has 0 aromatic heterocycles. The Morgan fingerprint density at radius 2 is 2.00 bits per heavy atom. The Morgan fingerprint density at radius 1 is 1.29 bits per heavy atom. The highest BCUT2D eigenvalue weighted by Crippen LogP contribution is 2.17. The lowest BCUT2D eigenvalue weighted by Crippen LogP contribution is -2.41. The third-order valence-corrected chi connectivity index (χ3v) is 5.21. The Bertz CT molecular complexity index is 598. The zero-order valence-electron chi connectivity index (χ0n) is 11.6. The van der Waals surface area contributed by atoms with Crippen LogP contribution in [0.1, 0.15) is 31.2 Å². The molecule has 1 fully saturated rings. The molecule has 0 radical (unpaired) electrons. The van der Waals surface area contributed by atoms with Crippen LogP contribution in [0.3, 0.4) is 0 Å². The minimum atomic E-state index is -3.51. The first kappa shape index (κ1) is 16.5. The number of sulfonamides is 1. The quantitative estimate of drug-likeness (QED) is 0.798. The van der Waals surface area contributed by atoms with Crippen LogP contribution in [0.5, 0.6) is 0 Å². The van der Waals surface area contributed by atoms with Gasteiger partial charge in [0.1, 0.15) is 0 Å². The van der Waals surface area contributed by atoms with Crippen LogP contribution in [0.4, 0.5) is 0 Å². The molecule has 7 heteroatoms. The number of carbonyl (C=O) groups is 1. The van der Waals surface area contributed by atoms with Gasteiger partial charge >= 0.3 is 0 Å². The highest BCUT2D eigenvalue weighted by Gasteiger charge is 2.18. The van der Waals surface area contributed by atoms with Gasteiger partial charge in [0.2, 0.25) is 15.9 Å². The Hall–Kier alpha value is -0.920. The zero-order valence-corrected chi connectivity index (χ0v) is 14.0. The molecule has 0 heterocycles. The third kappa shape index (κ3) is 5.76. The van der Waals surface area contributed by atoms with Crippen LogP contribution in [-0.4, -0.2) is 26.9 Å². The molecule has 1 aliphatic carbocycles. The molecule has 1 aliphatic rings. The second kappa shape index (κ2) is 7.38. The van der Waals surface area contributed by atoms with Crippen molar-refractivity contribution in [2.45, 2.75) is 37.5 Å². The number of hydrogen-bond acceptors (Lipinski definition) is 3. The number of amides is 1. The number of nitrogens with one attached hydrogen (secondary N) is 2. The highest BCUT2D eigenvalue weighted by atomic mass is 79.9. The molecule has 2 rings (SSSR count). The summed E-state index contributed by atoms with van der Waals surface area (Å²) < 4.78 is 27.1. The molecule has 1 aromatic rings. The third-order valence-electron chi connectivity index (χ3n) is 3.42. The van der Waals surface area contributed by atoms with Crippen LogP contribution in [0.2, 0.25) is 0 Å². The number of benzene rings is 1. The molecule has 1 amide bonds. The monoisotopic (exact) mass is 374 g/mol. The van der Waals surface area contributed by atoms with E-state index in [0.29, 0.717) is 5.56 Å². The van der Waals surface area contributed by atoms with Gasteiger partial charge in [0.25, 0.3) is 0 Å². The molecule has 116 valence electrons. The van der Waals surface area contributed by atoms with Crippen molar-refractivity contribution < 1.29 is 13.2 Å². The molecule has 5 nitrogen and oxygen atoms in total. The van der Waals surface area contributed by atoms with Crippen LogP contribution in [-0.2, 0) is 20.6 Å². The lowest BCUT2D eigenvalue weighted by molar-refractivity contribution is -0.120. The summed E-state index contributed by atoms with van der Waals surface area (Å²) in [5.74, 6) is -0.400. The molecule has 0 spiro atoms. The normalized spacial score (nSPS) is 16.0. The van der Waals surface area contributed by atoms with Crippen molar-refractivity contribution in [3.8, 4) is 0 Å². The van der Waals surface area contributed by atoms with Crippen LogP contribution < -0.4 is 10.0 Å². The molecule has 0 atom stereocenters. The van der Waals surface area contributed by atoms with Crippen LogP contribution in [0.15, 0.2) is 28.7 Å². The van der Waals surface area contributed by atoms with Gasteiger partial charge in [-0.15, -0.1) is 0 Å². The minimum Gasteiger partial charge on any atom is -0.352 e. The van der Waals surface area contributed by atoms with Crippen molar-refractivity contribution in [2.75, 3.05) is 6.54 Å². The van der Waals surface area contributed by atoms with Crippen LogP contribution >= 0.6 is 15.9 Å². The fourth-order valence-corrected chi connectivity index (χ4v) is 3.94. The fraction of sp³-hybridized carbons (Fsp3) is 0.500. The number of hydrogen-bond donors (Lipinski definition) is 2. The van der Waals surface area contributed by atoms with E-state index in [-0.39, 0.29) is 24.2 Å². The molecular formula is C14H19BrN2O3S. The van der Waals surface area contributed by atoms with Crippen molar-refractivity contribution >= 4 is 31.9 Å². The second-order valence-corrected chi connectivity index (χ2v) is 7.98. The summed E-state index contributed by atoms with van der Waals surface area (Å²) in [6, 6.07) is 7.30. The summed E-state index contributed by atoms with van der Waals surface area (Å²) >= 11 is 3.30. The van der Waals surface area contributed by atoms with Crippen molar-refractivity contribution in [3.05, 3.63) is 34.3 Å². The number of rotatable bonds is 6. The summed E-state index contributed by atoms with van der Waals surface area (Å²) in [7, 11) is -3.51. The molecule has 0 saturated heterocycles. The van der Waals surface area contributed by atoms with Gasteiger partial charge < -0.3 is 5.32 Å². The standard InChI is InChI=1S/C14H19BrN2O3S/c15-12-5-3-4-11(8-12)10-21(19,20)16-9-14(18)17-13-6-1-2-7-13/h3-5,8,13,16H,1-2,6-7,9-10H2,(H,17,18). The first-order valence-corrected chi connectivity index (χ1v) is 9.40. The van der Waals surface area contributed by atoms with E-state index < -0.39 is 10.0 Å². The predicted molar refractivity (Wildman–Crippen MR) is 85.2 cm³/mol. The lowest BCUT2D eigenvalue weighted by Gasteiger charge is -2.12. The van der Waals surface area contributed by atoms with Gasteiger partial charge in [0, 0.05) is 10.5 Å². The zero-order chi connectivity index (χ0) is 15.3. The molecule has 2 N–H and O–H groups in total. The summed E-state index contributed by atoms with van der Waals surface area (Å²) in [5.41, 5.74) is 0.674. The van der Waals surface area contributed by atoms with Crippen LogP contribution in [0, 0.1) is 0 Å². The van der Waals surface area contributed by atoms with E-state index in [2.05, 4.69) is 26.0 Å². The first-order valence-electron chi connectivity index (χ1n) is 6.96. The smallest absolute Gasteiger partial charge is 0.235 e. The summed E-state index contributed by atoms with van der Waals surface area (Å²) in [4.78, 5) is 11.7. The van der Waals surface area contributed by atoms with E-state index >= 15 is 0 Å². The average molecular weight is 375 g/mol. The van der Waals surface area contributed by atoms with E-state index in [1.807, 2.05) is 6.07 Å². The minimum absolute atomic E-state index is 0.136. The molecule has 1 aromatic carbocycles. The van der Waals surface area contributed by atoms with E-state index in [4.69, 9.17) is 0 Å². The molecular weight excluding hydrogens is 356 g/mol. The van der Waals surface area contributed by atoms with E-state index in [1.165, 1.54) is 0 Å². The van der Waals surface area contributed by atoms with Crippen molar-refractivity contribution in [2.24, 2.45) is 0 Å². The maximum atomic E-state index is 11.9. The molecule has 21 heavy (non-hydrogen) atoms. The van der Waals surface area contributed by atoms with Crippen molar-refractivity contribution in [3.63, 3.8) is 0 Å². The molecule has 0 bridgehead atoms. The highest BCUT2D eigenvalue weighted by molar-refractivity contribution is 9.10. The Morgan fingerprint density at radius 3 is 2.67 bits per heavy atom. The molecule has 0 unspecified atom stereocenters. The largest absolute Gasteiger partial charge is 0.352 e. The van der Waals surface area contributed by atoms with Crippen LogP contribution in [0.25, 0.3) is 0 Å². The van der Waals surface area contributed by atoms with Gasteiger partial charge in [0.05, 0.1) is 12.3 Å². The Balaban J connectivity index is 1.81. The topological polar surface area (TPSA) is 75.3 Å². The Kier molecular flexibility index (Phi) is 5.78. The van der Waals surface area contributed by atoms with E-state index in [1.54, 1.807) is 18.2 Å². The van der Waals surface area contributed by atoms with Gasteiger partial charge in [-0.05, 0) is 30.5 Å². The SMILES string of the molecule is O=C(CNS(=O)(=O)Cc1cccc(Br)c1)NC1CCCC1. The predicted octanol–water partition coefficient (Wildman–Crippen LogP) is 1.93. The second-order valence-electron chi connectivity index (χ2n) is 5.26. The molecule has 0 aliphatic heterocycles. The average Bonchev–Trinajstić information content (AvgIpc) is 2.89. The van der Waals surface area contributed by atoms with E-state index in [0.717, 1.165) is 30.2 Å². The van der Waals surface area contributed by atoms with E-state index in [9.17, 15) is 13.2 Å².